The molecule has 0 saturated carbocycles. The lowest BCUT2D eigenvalue weighted by atomic mass is 10.1. The molecule has 6 nitrogen and oxygen atoms in total. The number of aromatic nitrogens is 4. The van der Waals surface area contributed by atoms with Crippen LogP contribution in [-0.2, 0) is 0 Å². The summed E-state index contributed by atoms with van der Waals surface area (Å²) in [5, 5.41) is 6.08. The van der Waals surface area contributed by atoms with Crippen molar-refractivity contribution >= 4 is 66.9 Å². The summed E-state index contributed by atoms with van der Waals surface area (Å²) in [6.45, 7) is 5.90. The van der Waals surface area contributed by atoms with Gasteiger partial charge in [0.1, 0.15) is 11.0 Å². The number of pyridine rings is 2. The fourth-order valence-corrected chi connectivity index (χ4v) is 4.17. The largest absolute Gasteiger partial charge is 0.350 e. The molecule has 0 aliphatic rings. The van der Waals surface area contributed by atoms with Gasteiger partial charge in [-0.15, -0.1) is 0 Å². The lowest BCUT2D eigenvalue weighted by Crippen LogP contribution is -2.34. The van der Waals surface area contributed by atoms with Crippen LogP contribution >= 0.6 is 12.2 Å². The summed E-state index contributed by atoms with van der Waals surface area (Å²) in [7, 11) is 0. The first-order valence-electron chi connectivity index (χ1n) is 9.98. The van der Waals surface area contributed by atoms with Crippen LogP contribution < -0.4 is 5.32 Å². The molecule has 0 aliphatic carbocycles. The van der Waals surface area contributed by atoms with Crippen molar-refractivity contribution in [3.63, 3.8) is 0 Å². The number of benzene rings is 2. The van der Waals surface area contributed by atoms with E-state index in [-0.39, 0.29) is 0 Å². The van der Waals surface area contributed by atoms with Crippen LogP contribution in [0.4, 0.5) is 5.69 Å². The highest BCUT2D eigenvalue weighted by atomic mass is 32.1. The van der Waals surface area contributed by atoms with Crippen molar-refractivity contribution in [2.45, 2.75) is 13.8 Å². The molecule has 0 aliphatic heterocycles. The Bertz CT molecular complexity index is 1430. The van der Waals surface area contributed by atoms with Crippen LogP contribution in [0, 0.1) is 0 Å². The quantitative estimate of drug-likeness (QED) is 0.256. The number of hydrogen-bond donors (Lipinski definition) is 1. The van der Waals surface area contributed by atoms with Gasteiger partial charge in [0.25, 0.3) is 0 Å². The molecular weight excluding hydrogens is 392 g/mol. The van der Waals surface area contributed by atoms with E-state index in [2.05, 4.69) is 46.2 Å². The van der Waals surface area contributed by atoms with Crippen LogP contribution in [0.15, 0.2) is 54.9 Å². The van der Waals surface area contributed by atoms with Crippen molar-refractivity contribution in [3.05, 3.63) is 54.9 Å². The average Bonchev–Trinajstić information content (AvgIpc) is 2.79. The van der Waals surface area contributed by atoms with Crippen LogP contribution in [0.25, 0.3) is 43.9 Å². The normalized spacial score (nSPS) is 11.4. The van der Waals surface area contributed by atoms with Crippen LogP contribution in [0.2, 0.25) is 0 Å². The molecule has 0 spiro atoms. The molecular formula is C23H20N6S. The second-order valence-electron chi connectivity index (χ2n) is 7.03. The maximum Gasteiger partial charge on any atom is 0.173 e. The predicted molar refractivity (Wildman–Crippen MR) is 127 cm³/mol. The summed E-state index contributed by atoms with van der Waals surface area (Å²) >= 11 is 5.53. The topological polar surface area (TPSA) is 66.8 Å². The van der Waals surface area contributed by atoms with E-state index >= 15 is 0 Å². The van der Waals surface area contributed by atoms with E-state index in [9.17, 15) is 0 Å². The third-order valence-corrected chi connectivity index (χ3v) is 5.68. The van der Waals surface area contributed by atoms with Gasteiger partial charge in [-0.05, 0) is 56.4 Å². The van der Waals surface area contributed by atoms with Gasteiger partial charge in [0.2, 0.25) is 0 Å². The van der Waals surface area contributed by atoms with E-state index < -0.39 is 0 Å². The van der Waals surface area contributed by atoms with Gasteiger partial charge in [-0.25, -0.2) is 9.97 Å². The minimum Gasteiger partial charge on any atom is -0.350 e. The Kier molecular flexibility index (Phi) is 4.59. The number of nitrogens with one attached hydrogen (secondary N) is 1. The molecule has 0 bridgehead atoms. The minimum atomic E-state index is 0.704. The molecule has 2 aromatic carbocycles. The Morgan fingerprint density at radius 1 is 0.833 bits per heavy atom. The standard InChI is InChI=1S/C23H20N6S/c1-3-29(4-2)23(30)26-14-9-10-17-18(13-14)28-22-20-16(8-6-12-25-20)15-7-5-11-24-19(15)21(22)27-17/h5-13H,3-4H2,1-2H3,(H,26,30). The molecule has 3 aromatic heterocycles. The Balaban J connectivity index is 1.73. The van der Waals surface area contributed by atoms with E-state index in [1.54, 1.807) is 12.4 Å². The zero-order valence-corrected chi connectivity index (χ0v) is 17.6. The van der Waals surface area contributed by atoms with Crippen molar-refractivity contribution < 1.29 is 0 Å². The maximum atomic E-state index is 5.53. The molecule has 0 radical (unpaired) electrons. The summed E-state index contributed by atoms with van der Waals surface area (Å²) in [5.41, 5.74) is 5.69. The van der Waals surface area contributed by atoms with Crippen molar-refractivity contribution in [1.29, 1.82) is 0 Å². The van der Waals surface area contributed by atoms with E-state index in [1.165, 1.54) is 0 Å². The monoisotopic (exact) mass is 412 g/mol. The molecule has 0 unspecified atom stereocenters. The van der Waals surface area contributed by atoms with E-state index in [1.807, 2.05) is 30.3 Å². The third kappa shape index (κ3) is 2.98. The first-order valence-corrected chi connectivity index (χ1v) is 10.4. The van der Waals surface area contributed by atoms with Crippen molar-refractivity contribution in [2.75, 3.05) is 18.4 Å². The Labute approximate surface area is 179 Å². The SMILES string of the molecule is CCN(CC)C(=S)Nc1ccc2nc3c4ncccc4c4cccnc4c3nc2c1. The second kappa shape index (κ2) is 7.42. The smallest absolute Gasteiger partial charge is 0.173 e. The fraction of sp³-hybridized carbons (Fsp3) is 0.174. The van der Waals surface area contributed by atoms with Crippen molar-refractivity contribution in [2.24, 2.45) is 0 Å². The zero-order valence-electron chi connectivity index (χ0n) is 16.8. The Morgan fingerprint density at radius 2 is 1.43 bits per heavy atom. The van der Waals surface area contributed by atoms with Gasteiger partial charge >= 0.3 is 0 Å². The predicted octanol–water partition coefficient (Wildman–Crippen LogP) is 4.92. The van der Waals surface area contributed by atoms with Gasteiger partial charge in [-0.3, -0.25) is 9.97 Å². The molecule has 0 saturated heterocycles. The first-order chi connectivity index (χ1) is 14.7. The lowest BCUT2D eigenvalue weighted by molar-refractivity contribution is 0.473. The summed E-state index contributed by atoms with van der Waals surface area (Å²) in [5.74, 6) is 0. The molecule has 5 rings (SSSR count). The number of nitrogens with zero attached hydrogens (tertiary/aromatic N) is 5. The summed E-state index contributed by atoms with van der Waals surface area (Å²) < 4.78 is 0. The summed E-state index contributed by atoms with van der Waals surface area (Å²) in [6, 6.07) is 13.9. The van der Waals surface area contributed by atoms with Gasteiger partial charge in [0.15, 0.2) is 5.11 Å². The number of hydrogen-bond acceptors (Lipinski definition) is 5. The molecule has 0 fully saturated rings. The number of thiocarbonyl (C=S) groups is 1. The van der Waals surface area contributed by atoms with E-state index in [0.717, 1.165) is 62.6 Å². The van der Waals surface area contributed by atoms with Crippen LogP contribution in [-0.4, -0.2) is 43.0 Å². The summed E-state index contributed by atoms with van der Waals surface area (Å²) in [4.78, 5) is 21.2. The van der Waals surface area contributed by atoms with Crippen LogP contribution in [0.3, 0.4) is 0 Å². The zero-order chi connectivity index (χ0) is 20.7. The van der Waals surface area contributed by atoms with Crippen molar-refractivity contribution in [1.82, 2.24) is 24.8 Å². The van der Waals surface area contributed by atoms with Crippen molar-refractivity contribution in [3.8, 4) is 0 Å². The summed E-state index contributed by atoms with van der Waals surface area (Å²) in [6.07, 6.45) is 3.58. The third-order valence-electron chi connectivity index (χ3n) is 5.32. The highest BCUT2D eigenvalue weighted by Gasteiger charge is 2.14. The van der Waals surface area contributed by atoms with Gasteiger partial charge < -0.3 is 10.2 Å². The van der Waals surface area contributed by atoms with Crippen LogP contribution in [0.1, 0.15) is 13.8 Å². The number of fused-ring (bicyclic) bond motifs is 7. The highest BCUT2D eigenvalue weighted by Crippen LogP contribution is 2.32. The Morgan fingerprint density at radius 3 is 2.03 bits per heavy atom. The van der Waals surface area contributed by atoms with E-state index in [0.29, 0.717) is 5.11 Å². The Hall–Kier alpha value is -3.45. The molecule has 3 heterocycles. The van der Waals surface area contributed by atoms with Crippen LogP contribution in [0.5, 0.6) is 0 Å². The van der Waals surface area contributed by atoms with Gasteiger partial charge in [-0.1, -0.05) is 12.1 Å². The average molecular weight is 413 g/mol. The van der Waals surface area contributed by atoms with E-state index in [4.69, 9.17) is 22.2 Å². The maximum absolute atomic E-state index is 5.53. The van der Waals surface area contributed by atoms with Gasteiger partial charge in [-0.2, -0.15) is 0 Å². The molecule has 5 aromatic rings. The first kappa shape index (κ1) is 18.6. The lowest BCUT2D eigenvalue weighted by Gasteiger charge is -2.22. The molecule has 7 heteroatoms. The van der Waals surface area contributed by atoms with Gasteiger partial charge in [0.05, 0.1) is 22.1 Å². The molecule has 30 heavy (non-hydrogen) atoms. The highest BCUT2D eigenvalue weighted by molar-refractivity contribution is 7.80. The minimum absolute atomic E-state index is 0.704. The fourth-order valence-electron chi connectivity index (χ4n) is 3.80. The molecule has 148 valence electrons. The van der Waals surface area contributed by atoms with Gasteiger partial charge in [0, 0.05) is 41.9 Å². The number of rotatable bonds is 3. The molecule has 0 amide bonds. The molecule has 1 N–H and O–H groups in total. The number of anilines is 1. The second-order valence-corrected chi connectivity index (χ2v) is 7.41. The molecule has 0 atom stereocenters.